The van der Waals surface area contributed by atoms with Crippen LogP contribution < -0.4 is 5.32 Å². The molecule has 1 aromatic carbocycles. The summed E-state index contributed by atoms with van der Waals surface area (Å²) in [5.41, 5.74) is 4.52. The Morgan fingerprint density at radius 3 is 2.65 bits per heavy atom. The number of nitrogens with zero attached hydrogens (tertiary/aromatic N) is 1. The zero-order chi connectivity index (χ0) is 16.8. The number of rotatable bonds is 6. The molecule has 0 aliphatic carbocycles. The van der Waals surface area contributed by atoms with Crippen LogP contribution in [-0.2, 0) is 4.79 Å². The van der Waals surface area contributed by atoms with Gasteiger partial charge in [0, 0.05) is 12.4 Å². The van der Waals surface area contributed by atoms with Gasteiger partial charge in [0.25, 0.3) is 0 Å². The van der Waals surface area contributed by atoms with Gasteiger partial charge in [-0.15, -0.1) is 11.8 Å². The summed E-state index contributed by atoms with van der Waals surface area (Å²) in [5.74, 6) is 0.525. The van der Waals surface area contributed by atoms with E-state index >= 15 is 0 Å². The lowest BCUT2D eigenvalue weighted by molar-refractivity contribution is -0.119. The summed E-state index contributed by atoms with van der Waals surface area (Å²) in [7, 11) is 0. The number of benzene rings is 1. The summed E-state index contributed by atoms with van der Waals surface area (Å²) in [5, 5.41) is 3.61. The van der Waals surface area contributed by atoms with Gasteiger partial charge in [0.1, 0.15) is 0 Å². The lowest BCUT2D eigenvalue weighted by Crippen LogP contribution is -2.31. The highest BCUT2D eigenvalue weighted by Gasteiger charge is 2.19. The second-order valence-electron chi connectivity index (χ2n) is 6.01. The van der Waals surface area contributed by atoms with Gasteiger partial charge in [0.05, 0.1) is 11.8 Å². The molecule has 1 amide bonds. The number of carbonyl (C=O) groups is 1. The van der Waals surface area contributed by atoms with Gasteiger partial charge in [0.15, 0.2) is 0 Å². The molecule has 122 valence electrons. The number of carbonyl (C=O) groups excluding carboxylic acids is 1. The molecule has 0 bridgehead atoms. The van der Waals surface area contributed by atoms with Crippen molar-refractivity contribution < 1.29 is 4.79 Å². The highest BCUT2D eigenvalue weighted by molar-refractivity contribution is 8.00. The van der Waals surface area contributed by atoms with Crippen LogP contribution >= 0.6 is 11.8 Å². The first kappa shape index (κ1) is 17.5. The third-order valence-electron chi connectivity index (χ3n) is 3.61. The zero-order valence-electron chi connectivity index (χ0n) is 14.2. The Labute approximate surface area is 142 Å². The van der Waals surface area contributed by atoms with E-state index in [0.29, 0.717) is 11.0 Å². The van der Waals surface area contributed by atoms with E-state index in [2.05, 4.69) is 56.2 Å². The van der Waals surface area contributed by atoms with Gasteiger partial charge in [-0.3, -0.25) is 9.78 Å². The molecule has 23 heavy (non-hydrogen) atoms. The van der Waals surface area contributed by atoms with E-state index in [4.69, 9.17) is 0 Å². The molecular weight excluding hydrogens is 304 g/mol. The highest BCUT2D eigenvalue weighted by Crippen LogP contribution is 2.25. The Hall–Kier alpha value is -1.81. The van der Waals surface area contributed by atoms with E-state index in [-0.39, 0.29) is 11.9 Å². The number of amides is 1. The molecule has 0 aliphatic rings. The van der Waals surface area contributed by atoms with Crippen molar-refractivity contribution in [2.24, 2.45) is 0 Å². The molecule has 0 radical (unpaired) electrons. The molecule has 1 aromatic heterocycles. The van der Waals surface area contributed by atoms with Gasteiger partial charge < -0.3 is 5.32 Å². The van der Waals surface area contributed by atoms with Crippen molar-refractivity contribution in [3.05, 3.63) is 65.0 Å². The highest BCUT2D eigenvalue weighted by atomic mass is 32.2. The van der Waals surface area contributed by atoms with Crippen LogP contribution in [-0.4, -0.2) is 21.9 Å². The fourth-order valence-corrected chi connectivity index (χ4v) is 3.05. The van der Waals surface area contributed by atoms with Crippen molar-refractivity contribution in [3.63, 3.8) is 0 Å². The smallest absolute Gasteiger partial charge is 0.230 e. The maximum atomic E-state index is 12.3. The summed E-state index contributed by atoms with van der Waals surface area (Å²) >= 11 is 1.65. The van der Waals surface area contributed by atoms with Gasteiger partial charge in [-0.05, 0) is 41.9 Å². The predicted octanol–water partition coefficient (Wildman–Crippen LogP) is 4.05. The minimum absolute atomic E-state index is 0.0533. The molecule has 2 aromatic rings. The predicted molar refractivity (Wildman–Crippen MR) is 97.7 cm³/mol. The average molecular weight is 328 g/mol. The van der Waals surface area contributed by atoms with Crippen molar-refractivity contribution >= 4 is 17.7 Å². The molecule has 0 unspecified atom stereocenters. The second kappa shape index (κ2) is 8.16. The molecule has 1 N–H and O–H groups in total. The van der Waals surface area contributed by atoms with Gasteiger partial charge in [-0.1, -0.05) is 43.7 Å². The largest absolute Gasteiger partial charge is 0.344 e. The quantitative estimate of drug-likeness (QED) is 0.870. The maximum absolute atomic E-state index is 12.3. The van der Waals surface area contributed by atoms with Crippen LogP contribution in [0.25, 0.3) is 0 Å². The molecular formula is C19H24N2OS. The Kier molecular flexibility index (Phi) is 6.22. The minimum atomic E-state index is -0.162. The maximum Gasteiger partial charge on any atom is 0.230 e. The minimum Gasteiger partial charge on any atom is -0.344 e. The normalized spacial score (nSPS) is 12.2. The summed E-state index contributed by atoms with van der Waals surface area (Å²) in [6, 6.07) is 10.1. The van der Waals surface area contributed by atoms with E-state index in [9.17, 15) is 4.79 Å². The Balaban J connectivity index is 2.27. The number of thioether (sulfide) groups is 1. The molecule has 0 aliphatic heterocycles. The van der Waals surface area contributed by atoms with E-state index in [1.807, 2.05) is 18.3 Å². The van der Waals surface area contributed by atoms with Crippen LogP contribution in [0.2, 0.25) is 0 Å². The number of pyridine rings is 1. The molecule has 1 heterocycles. The van der Waals surface area contributed by atoms with Crippen LogP contribution in [0.1, 0.15) is 42.1 Å². The van der Waals surface area contributed by atoms with Gasteiger partial charge in [-0.25, -0.2) is 0 Å². The summed E-state index contributed by atoms with van der Waals surface area (Å²) in [6.45, 7) is 8.36. The number of hydrogen-bond donors (Lipinski definition) is 1. The number of nitrogens with one attached hydrogen (secondary N) is 1. The van der Waals surface area contributed by atoms with Gasteiger partial charge in [-0.2, -0.15) is 0 Å². The lowest BCUT2D eigenvalue weighted by Gasteiger charge is -2.22. The summed E-state index contributed by atoms with van der Waals surface area (Å²) in [6.07, 6.45) is 3.57. The van der Waals surface area contributed by atoms with Crippen LogP contribution in [0.3, 0.4) is 0 Å². The topological polar surface area (TPSA) is 42.0 Å². The number of hydrogen-bond acceptors (Lipinski definition) is 3. The van der Waals surface area contributed by atoms with Gasteiger partial charge >= 0.3 is 0 Å². The molecule has 1 atom stereocenters. The van der Waals surface area contributed by atoms with Crippen molar-refractivity contribution in [1.82, 2.24) is 10.3 Å². The SMILES string of the molecule is Cc1ccc([C@H](NC(=O)CSC(C)C)c2cccnc2)c(C)c1. The molecule has 0 spiro atoms. The van der Waals surface area contributed by atoms with Crippen LogP contribution in [0.5, 0.6) is 0 Å². The first-order chi connectivity index (χ1) is 11.0. The van der Waals surface area contributed by atoms with E-state index in [1.54, 1.807) is 18.0 Å². The molecule has 3 nitrogen and oxygen atoms in total. The molecule has 4 heteroatoms. The number of aromatic nitrogens is 1. The summed E-state index contributed by atoms with van der Waals surface area (Å²) < 4.78 is 0. The standard InChI is InChI=1S/C19H24N2OS/c1-13(2)23-12-18(22)21-19(16-6-5-9-20-11-16)17-8-7-14(3)10-15(17)4/h5-11,13,19H,12H2,1-4H3,(H,21,22)/t19-/m1/s1. The van der Waals surface area contributed by atoms with E-state index in [1.165, 1.54) is 11.1 Å². The van der Waals surface area contributed by atoms with E-state index in [0.717, 1.165) is 11.1 Å². The third-order valence-corrected chi connectivity index (χ3v) is 4.70. The van der Waals surface area contributed by atoms with E-state index < -0.39 is 0 Å². The van der Waals surface area contributed by atoms with Crippen LogP contribution in [0, 0.1) is 13.8 Å². The number of aryl methyl sites for hydroxylation is 2. The molecule has 2 rings (SSSR count). The van der Waals surface area contributed by atoms with Crippen molar-refractivity contribution in [2.45, 2.75) is 39.0 Å². The molecule has 0 saturated heterocycles. The molecule has 0 fully saturated rings. The monoisotopic (exact) mass is 328 g/mol. The van der Waals surface area contributed by atoms with Crippen LogP contribution in [0.4, 0.5) is 0 Å². The van der Waals surface area contributed by atoms with Crippen molar-refractivity contribution in [1.29, 1.82) is 0 Å². The second-order valence-corrected chi connectivity index (χ2v) is 7.57. The Morgan fingerprint density at radius 2 is 2.04 bits per heavy atom. The van der Waals surface area contributed by atoms with Crippen molar-refractivity contribution in [2.75, 3.05) is 5.75 Å². The molecule has 0 saturated carbocycles. The Morgan fingerprint density at radius 1 is 1.26 bits per heavy atom. The average Bonchev–Trinajstić information content (AvgIpc) is 2.52. The zero-order valence-corrected chi connectivity index (χ0v) is 15.0. The van der Waals surface area contributed by atoms with Crippen molar-refractivity contribution in [3.8, 4) is 0 Å². The first-order valence-electron chi connectivity index (χ1n) is 7.85. The van der Waals surface area contributed by atoms with Crippen LogP contribution in [0.15, 0.2) is 42.7 Å². The Bertz CT molecular complexity index is 656. The fraction of sp³-hybridized carbons (Fsp3) is 0.368. The summed E-state index contributed by atoms with van der Waals surface area (Å²) in [4.78, 5) is 16.5. The first-order valence-corrected chi connectivity index (χ1v) is 8.90. The van der Waals surface area contributed by atoms with Gasteiger partial charge in [0.2, 0.25) is 5.91 Å². The lowest BCUT2D eigenvalue weighted by atomic mass is 9.94. The third kappa shape index (κ3) is 5.10. The fourth-order valence-electron chi connectivity index (χ4n) is 2.48.